The molecule has 0 aliphatic carbocycles. The average molecular weight is 351 g/mol. The second-order valence-electron chi connectivity index (χ2n) is 5.65. The largest absolute Gasteiger partial charge is 0.382 e. The molecule has 0 saturated carbocycles. The first-order valence-electron chi connectivity index (χ1n) is 8.85. The number of nitrogens with one attached hydrogen (secondary N) is 1. The van der Waals surface area contributed by atoms with Gasteiger partial charge in [0.1, 0.15) is 0 Å². The van der Waals surface area contributed by atoms with Crippen LogP contribution in [-0.4, -0.2) is 92.9 Å². The van der Waals surface area contributed by atoms with Crippen LogP contribution >= 0.6 is 0 Å². The summed E-state index contributed by atoms with van der Waals surface area (Å²) < 4.78 is 31.8. The summed E-state index contributed by atoms with van der Waals surface area (Å²) in [6, 6.07) is 0. The maximum atomic E-state index is 5.45. The van der Waals surface area contributed by atoms with Crippen molar-refractivity contribution >= 4 is 0 Å². The number of methoxy groups -OCH3 is 1. The molecule has 0 amide bonds. The van der Waals surface area contributed by atoms with Crippen LogP contribution in [0, 0.1) is 5.92 Å². The van der Waals surface area contributed by atoms with Gasteiger partial charge in [-0.15, -0.1) is 0 Å². The van der Waals surface area contributed by atoms with Gasteiger partial charge in [-0.25, -0.2) is 0 Å². The Labute approximate surface area is 147 Å². The number of hydrogen-bond donors (Lipinski definition) is 1. The van der Waals surface area contributed by atoms with E-state index in [1.54, 1.807) is 7.11 Å². The van der Waals surface area contributed by atoms with Gasteiger partial charge in [0.05, 0.1) is 72.7 Å². The Morgan fingerprint density at radius 1 is 0.583 bits per heavy atom. The maximum Gasteiger partial charge on any atom is 0.0701 e. The van der Waals surface area contributed by atoms with Gasteiger partial charge < -0.3 is 33.7 Å². The van der Waals surface area contributed by atoms with Crippen molar-refractivity contribution in [3.05, 3.63) is 0 Å². The summed E-state index contributed by atoms with van der Waals surface area (Å²) in [5.41, 5.74) is 0. The maximum absolute atomic E-state index is 5.45. The highest BCUT2D eigenvalue weighted by atomic mass is 16.6. The Balaban J connectivity index is 2.95. The first-order chi connectivity index (χ1) is 11.8. The summed E-state index contributed by atoms with van der Waals surface area (Å²) in [7, 11) is 1.65. The van der Waals surface area contributed by atoms with Crippen molar-refractivity contribution in [3.63, 3.8) is 0 Å². The summed E-state index contributed by atoms with van der Waals surface area (Å²) >= 11 is 0. The van der Waals surface area contributed by atoms with E-state index >= 15 is 0 Å². The normalized spacial score (nSPS) is 11.5. The molecule has 0 saturated heterocycles. The molecule has 0 aromatic carbocycles. The zero-order valence-electron chi connectivity index (χ0n) is 15.7. The van der Waals surface area contributed by atoms with E-state index in [9.17, 15) is 0 Å². The monoisotopic (exact) mass is 351 g/mol. The molecule has 7 nitrogen and oxygen atoms in total. The van der Waals surface area contributed by atoms with E-state index in [2.05, 4.69) is 19.2 Å². The highest BCUT2D eigenvalue weighted by molar-refractivity contribution is 4.49. The van der Waals surface area contributed by atoms with Crippen LogP contribution in [0.3, 0.4) is 0 Å². The van der Waals surface area contributed by atoms with Gasteiger partial charge >= 0.3 is 0 Å². The molecule has 0 rings (SSSR count). The predicted molar refractivity (Wildman–Crippen MR) is 93.7 cm³/mol. The zero-order chi connectivity index (χ0) is 17.7. The van der Waals surface area contributed by atoms with Crippen molar-refractivity contribution in [3.8, 4) is 0 Å². The number of rotatable bonds is 20. The third kappa shape index (κ3) is 21.7. The first kappa shape index (κ1) is 23.7. The van der Waals surface area contributed by atoms with Gasteiger partial charge in [-0.05, 0) is 12.5 Å². The van der Waals surface area contributed by atoms with E-state index < -0.39 is 0 Å². The van der Waals surface area contributed by atoms with Crippen LogP contribution in [0.1, 0.15) is 13.8 Å². The molecule has 0 aliphatic heterocycles. The second kappa shape index (κ2) is 20.8. The van der Waals surface area contributed by atoms with E-state index in [0.717, 1.165) is 19.7 Å². The molecule has 0 aromatic heterocycles. The van der Waals surface area contributed by atoms with Crippen molar-refractivity contribution in [1.82, 2.24) is 5.32 Å². The summed E-state index contributed by atoms with van der Waals surface area (Å²) in [5, 5.41) is 3.33. The van der Waals surface area contributed by atoms with Gasteiger partial charge in [-0.3, -0.25) is 0 Å². The Bertz CT molecular complexity index is 231. The molecular weight excluding hydrogens is 314 g/mol. The van der Waals surface area contributed by atoms with Crippen LogP contribution in [0.25, 0.3) is 0 Å². The molecule has 0 spiro atoms. The fourth-order valence-electron chi connectivity index (χ4n) is 1.66. The minimum Gasteiger partial charge on any atom is -0.382 e. The van der Waals surface area contributed by atoms with Crippen molar-refractivity contribution in [2.75, 3.05) is 92.9 Å². The number of hydrogen-bond acceptors (Lipinski definition) is 7. The molecule has 7 heteroatoms. The quantitative estimate of drug-likeness (QED) is 0.328. The lowest BCUT2D eigenvalue weighted by Gasteiger charge is -2.09. The molecule has 0 radical (unpaired) electrons. The van der Waals surface area contributed by atoms with E-state index in [0.29, 0.717) is 72.0 Å². The molecule has 0 aliphatic rings. The Morgan fingerprint density at radius 3 is 1.33 bits per heavy atom. The molecule has 0 heterocycles. The van der Waals surface area contributed by atoms with Crippen molar-refractivity contribution in [1.29, 1.82) is 0 Å². The lowest BCUT2D eigenvalue weighted by molar-refractivity contribution is -0.0144. The van der Waals surface area contributed by atoms with E-state index in [4.69, 9.17) is 28.4 Å². The predicted octanol–water partition coefficient (Wildman–Crippen LogP) is 0.961. The Hall–Kier alpha value is -0.280. The van der Waals surface area contributed by atoms with Crippen LogP contribution in [-0.2, 0) is 28.4 Å². The molecular formula is C17H37NO6. The van der Waals surface area contributed by atoms with Gasteiger partial charge in [-0.2, -0.15) is 0 Å². The van der Waals surface area contributed by atoms with Crippen molar-refractivity contribution in [2.24, 2.45) is 5.92 Å². The molecule has 24 heavy (non-hydrogen) atoms. The summed E-state index contributed by atoms with van der Waals surface area (Å²) in [6.45, 7) is 12.9. The van der Waals surface area contributed by atoms with Crippen LogP contribution in [0.5, 0.6) is 0 Å². The second-order valence-corrected chi connectivity index (χ2v) is 5.65. The number of ether oxygens (including phenoxy) is 6. The molecule has 0 unspecified atom stereocenters. The third-order valence-electron chi connectivity index (χ3n) is 2.90. The fourth-order valence-corrected chi connectivity index (χ4v) is 1.66. The van der Waals surface area contributed by atoms with Crippen molar-refractivity contribution in [2.45, 2.75) is 13.8 Å². The molecule has 0 aromatic rings. The fraction of sp³-hybridized carbons (Fsp3) is 1.00. The van der Waals surface area contributed by atoms with Crippen molar-refractivity contribution < 1.29 is 28.4 Å². The van der Waals surface area contributed by atoms with E-state index in [-0.39, 0.29) is 0 Å². The Kier molecular flexibility index (Phi) is 20.5. The SMILES string of the molecule is COCCOCCOCCOCCOCCOCCNCC(C)C. The van der Waals surface area contributed by atoms with E-state index in [1.165, 1.54) is 0 Å². The lowest BCUT2D eigenvalue weighted by atomic mass is 10.2. The van der Waals surface area contributed by atoms with Crippen LogP contribution in [0.4, 0.5) is 0 Å². The topological polar surface area (TPSA) is 67.4 Å². The minimum absolute atomic E-state index is 0.569. The summed E-state index contributed by atoms with van der Waals surface area (Å²) in [5.74, 6) is 0.674. The summed E-state index contributed by atoms with van der Waals surface area (Å²) in [6.07, 6.45) is 0. The first-order valence-corrected chi connectivity index (χ1v) is 8.85. The van der Waals surface area contributed by atoms with E-state index in [1.807, 2.05) is 0 Å². The Morgan fingerprint density at radius 2 is 0.958 bits per heavy atom. The van der Waals surface area contributed by atoms with Gasteiger partial charge in [0.2, 0.25) is 0 Å². The average Bonchev–Trinajstić information content (AvgIpc) is 2.56. The molecule has 1 N–H and O–H groups in total. The van der Waals surface area contributed by atoms with Crippen LogP contribution < -0.4 is 5.32 Å². The highest BCUT2D eigenvalue weighted by Gasteiger charge is 1.94. The smallest absolute Gasteiger partial charge is 0.0701 e. The lowest BCUT2D eigenvalue weighted by Crippen LogP contribution is -2.24. The minimum atomic E-state index is 0.569. The van der Waals surface area contributed by atoms with Gasteiger partial charge in [0, 0.05) is 13.7 Å². The van der Waals surface area contributed by atoms with Gasteiger partial charge in [-0.1, -0.05) is 13.8 Å². The molecule has 0 fully saturated rings. The zero-order valence-corrected chi connectivity index (χ0v) is 15.7. The molecule has 0 bridgehead atoms. The van der Waals surface area contributed by atoms with Crippen LogP contribution in [0.2, 0.25) is 0 Å². The van der Waals surface area contributed by atoms with Gasteiger partial charge in [0.25, 0.3) is 0 Å². The third-order valence-corrected chi connectivity index (χ3v) is 2.90. The van der Waals surface area contributed by atoms with Crippen LogP contribution in [0.15, 0.2) is 0 Å². The molecule has 146 valence electrons. The molecule has 0 atom stereocenters. The summed E-state index contributed by atoms with van der Waals surface area (Å²) in [4.78, 5) is 0. The van der Waals surface area contributed by atoms with Gasteiger partial charge in [0.15, 0.2) is 0 Å². The standard InChI is InChI=1S/C17H37NO6/c1-17(2)16-18-4-5-20-8-9-22-12-13-24-15-14-23-11-10-21-7-6-19-3/h17-18H,4-16H2,1-3H3. The highest BCUT2D eigenvalue weighted by Crippen LogP contribution is 1.86.